The number of carbonyl (C=O) groups is 1. The molecule has 0 aliphatic heterocycles. The summed E-state index contributed by atoms with van der Waals surface area (Å²) in [6.45, 7) is 8.49. The zero-order chi connectivity index (χ0) is 12.8. The molecule has 0 aromatic heterocycles. The first-order chi connectivity index (χ1) is 8.08. The van der Waals surface area contributed by atoms with E-state index in [0.29, 0.717) is 5.92 Å². The Morgan fingerprint density at radius 2 is 1.65 bits per heavy atom. The molecule has 0 heterocycles. The van der Waals surface area contributed by atoms with Crippen LogP contribution in [0.15, 0.2) is 35.9 Å². The lowest BCUT2D eigenvalue weighted by atomic mass is 9.99. The summed E-state index contributed by atoms with van der Waals surface area (Å²) < 4.78 is 0. The van der Waals surface area contributed by atoms with E-state index in [-0.39, 0.29) is 5.78 Å². The lowest BCUT2D eigenvalue weighted by Gasteiger charge is -2.05. The van der Waals surface area contributed by atoms with Gasteiger partial charge in [0.2, 0.25) is 0 Å². The van der Waals surface area contributed by atoms with E-state index in [1.165, 1.54) is 11.1 Å². The summed E-state index contributed by atoms with van der Waals surface area (Å²) in [6, 6.07) is 7.95. The molecular formula is C16H22O. The van der Waals surface area contributed by atoms with Gasteiger partial charge < -0.3 is 0 Å². The number of rotatable bonds is 5. The van der Waals surface area contributed by atoms with Gasteiger partial charge in [0.1, 0.15) is 0 Å². The number of allylic oxidation sites excluding steroid dienone is 2. The Kier molecular flexibility index (Phi) is 5.14. The van der Waals surface area contributed by atoms with Crippen LogP contribution in [-0.4, -0.2) is 5.78 Å². The van der Waals surface area contributed by atoms with Crippen LogP contribution in [0.2, 0.25) is 0 Å². The van der Waals surface area contributed by atoms with Crippen LogP contribution in [0.25, 0.3) is 0 Å². The van der Waals surface area contributed by atoms with Crippen LogP contribution in [0.5, 0.6) is 0 Å². The molecule has 0 spiro atoms. The first kappa shape index (κ1) is 13.7. The summed E-state index contributed by atoms with van der Waals surface area (Å²) in [6.07, 6.45) is 3.68. The second kappa shape index (κ2) is 6.39. The second-order valence-electron chi connectivity index (χ2n) is 4.65. The van der Waals surface area contributed by atoms with Crippen molar-refractivity contribution < 1.29 is 4.79 Å². The maximum Gasteiger partial charge on any atom is 0.185 e. The van der Waals surface area contributed by atoms with Crippen LogP contribution in [0.1, 0.15) is 62.4 Å². The molecule has 1 heteroatoms. The molecule has 0 fully saturated rings. The van der Waals surface area contributed by atoms with E-state index in [0.717, 1.165) is 18.4 Å². The average Bonchev–Trinajstić information content (AvgIpc) is 2.35. The fourth-order valence-corrected chi connectivity index (χ4v) is 1.76. The highest BCUT2D eigenvalue weighted by Crippen LogP contribution is 2.16. The third-order valence-corrected chi connectivity index (χ3v) is 3.11. The van der Waals surface area contributed by atoms with Crippen molar-refractivity contribution in [1.29, 1.82) is 0 Å². The molecule has 0 amide bonds. The largest absolute Gasteiger partial charge is 0.289 e. The highest BCUT2D eigenvalue weighted by atomic mass is 16.1. The van der Waals surface area contributed by atoms with Crippen LogP contribution >= 0.6 is 0 Å². The van der Waals surface area contributed by atoms with Gasteiger partial charge in [-0.2, -0.15) is 0 Å². The topological polar surface area (TPSA) is 17.1 Å². The van der Waals surface area contributed by atoms with Gasteiger partial charge in [-0.15, -0.1) is 0 Å². The molecule has 0 aliphatic rings. The minimum Gasteiger partial charge on any atom is -0.289 e. The summed E-state index contributed by atoms with van der Waals surface area (Å²) in [7, 11) is 0. The molecule has 92 valence electrons. The van der Waals surface area contributed by atoms with Gasteiger partial charge in [-0.3, -0.25) is 4.79 Å². The first-order valence-corrected chi connectivity index (χ1v) is 6.42. The molecule has 17 heavy (non-hydrogen) atoms. The van der Waals surface area contributed by atoms with Gasteiger partial charge in [0, 0.05) is 5.56 Å². The molecule has 0 saturated heterocycles. The van der Waals surface area contributed by atoms with E-state index < -0.39 is 0 Å². The molecule has 0 bridgehead atoms. The lowest BCUT2D eigenvalue weighted by Crippen LogP contribution is -1.97. The monoisotopic (exact) mass is 230 g/mol. The van der Waals surface area contributed by atoms with Crippen LogP contribution in [0, 0.1) is 0 Å². The third kappa shape index (κ3) is 3.85. The molecule has 0 atom stereocenters. The first-order valence-electron chi connectivity index (χ1n) is 6.42. The maximum absolute atomic E-state index is 12.0. The van der Waals surface area contributed by atoms with E-state index >= 15 is 0 Å². The van der Waals surface area contributed by atoms with Crippen LogP contribution in [-0.2, 0) is 0 Å². The van der Waals surface area contributed by atoms with Crippen LogP contribution in [0.4, 0.5) is 0 Å². The highest BCUT2D eigenvalue weighted by Gasteiger charge is 2.05. The van der Waals surface area contributed by atoms with E-state index in [2.05, 4.69) is 27.7 Å². The molecule has 0 unspecified atom stereocenters. The van der Waals surface area contributed by atoms with Crippen molar-refractivity contribution in [3.63, 3.8) is 0 Å². The Hall–Kier alpha value is -1.37. The molecule has 0 aliphatic carbocycles. The molecule has 0 N–H and O–H groups in total. The molecule has 1 rings (SSSR count). The minimum absolute atomic E-state index is 0.124. The van der Waals surface area contributed by atoms with Crippen molar-refractivity contribution in [3.05, 3.63) is 47.0 Å². The van der Waals surface area contributed by atoms with Gasteiger partial charge in [0.25, 0.3) is 0 Å². The minimum atomic E-state index is 0.124. The fourth-order valence-electron chi connectivity index (χ4n) is 1.76. The molecule has 1 aromatic carbocycles. The van der Waals surface area contributed by atoms with Crippen molar-refractivity contribution in [1.82, 2.24) is 0 Å². The van der Waals surface area contributed by atoms with E-state index in [9.17, 15) is 4.79 Å². The van der Waals surface area contributed by atoms with Crippen LogP contribution in [0.3, 0.4) is 0 Å². The molecule has 1 aromatic rings. The molecule has 0 radical (unpaired) electrons. The summed E-state index contributed by atoms with van der Waals surface area (Å²) in [4.78, 5) is 12.0. The van der Waals surface area contributed by atoms with Gasteiger partial charge in [0.05, 0.1) is 0 Å². The summed E-state index contributed by atoms with van der Waals surface area (Å²) >= 11 is 0. The number of carbonyl (C=O) groups excluding carboxylic acids is 1. The standard InChI is InChI=1S/C16H22O/c1-5-13(6-2)11-16(17)15-9-7-14(8-10-15)12(3)4/h7-12H,5-6H2,1-4H3. The van der Waals surface area contributed by atoms with Gasteiger partial charge in [0.15, 0.2) is 5.78 Å². The van der Waals surface area contributed by atoms with E-state index in [1.807, 2.05) is 24.3 Å². The Morgan fingerprint density at radius 1 is 1.12 bits per heavy atom. The summed E-state index contributed by atoms with van der Waals surface area (Å²) in [5.41, 5.74) is 3.27. The third-order valence-electron chi connectivity index (χ3n) is 3.11. The van der Waals surface area contributed by atoms with Crippen molar-refractivity contribution in [2.45, 2.75) is 46.5 Å². The zero-order valence-corrected chi connectivity index (χ0v) is 11.3. The Balaban J connectivity index is 2.87. The highest BCUT2D eigenvalue weighted by molar-refractivity contribution is 6.04. The lowest BCUT2D eigenvalue weighted by molar-refractivity contribution is 0.104. The molecular weight excluding hydrogens is 208 g/mol. The van der Waals surface area contributed by atoms with Crippen molar-refractivity contribution in [2.75, 3.05) is 0 Å². The quantitative estimate of drug-likeness (QED) is 0.527. The van der Waals surface area contributed by atoms with Gasteiger partial charge in [-0.25, -0.2) is 0 Å². The molecule has 0 saturated carbocycles. The van der Waals surface area contributed by atoms with Crippen molar-refractivity contribution in [3.8, 4) is 0 Å². The number of benzene rings is 1. The second-order valence-corrected chi connectivity index (χ2v) is 4.65. The zero-order valence-electron chi connectivity index (χ0n) is 11.3. The Morgan fingerprint density at radius 3 is 2.06 bits per heavy atom. The van der Waals surface area contributed by atoms with Crippen molar-refractivity contribution in [2.24, 2.45) is 0 Å². The molecule has 1 nitrogen and oxygen atoms in total. The van der Waals surface area contributed by atoms with Crippen LogP contribution < -0.4 is 0 Å². The predicted molar refractivity (Wildman–Crippen MR) is 73.5 cm³/mol. The Labute approximate surface area is 105 Å². The van der Waals surface area contributed by atoms with Gasteiger partial charge >= 0.3 is 0 Å². The summed E-state index contributed by atoms with van der Waals surface area (Å²) in [5.74, 6) is 0.635. The number of hydrogen-bond donors (Lipinski definition) is 0. The Bertz CT molecular complexity index is 390. The average molecular weight is 230 g/mol. The predicted octanol–water partition coefficient (Wildman–Crippen LogP) is 4.74. The fraction of sp³-hybridized carbons (Fsp3) is 0.438. The maximum atomic E-state index is 12.0. The normalized spacial score (nSPS) is 10.4. The van der Waals surface area contributed by atoms with Gasteiger partial charge in [-0.05, 0) is 30.4 Å². The van der Waals surface area contributed by atoms with Crippen molar-refractivity contribution >= 4 is 5.78 Å². The number of ketones is 1. The van der Waals surface area contributed by atoms with Gasteiger partial charge in [-0.1, -0.05) is 57.5 Å². The van der Waals surface area contributed by atoms with E-state index in [1.54, 1.807) is 6.08 Å². The van der Waals surface area contributed by atoms with E-state index in [4.69, 9.17) is 0 Å². The summed E-state index contributed by atoms with van der Waals surface area (Å²) in [5, 5.41) is 0. The SMILES string of the molecule is CCC(=CC(=O)c1ccc(C(C)C)cc1)CC. The number of hydrogen-bond acceptors (Lipinski definition) is 1. The smallest absolute Gasteiger partial charge is 0.185 e.